The van der Waals surface area contributed by atoms with Gasteiger partial charge in [-0.3, -0.25) is 10.3 Å². The van der Waals surface area contributed by atoms with E-state index >= 15 is 0 Å². The van der Waals surface area contributed by atoms with Crippen LogP contribution in [-0.4, -0.2) is 41.1 Å². The Morgan fingerprint density at radius 3 is 2.64 bits per heavy atom. The van der Waals surface area contributed by atoms with Gasteiger partial charge < -0.3 is 10.0 Å². The smallest absolute Gasteiger partial charge is 0.339 e. The molecule has 2 N–H and O–H groups in total. The van der Waals surface area contributed by atoms with Crippen LogP contribution >= 0.6 is 23.1 Å². The first-order chi connectivity index (χ1) is 10.5. The summed E-state index contributed by atoms with van der Waals surface area (Å²) in [6.45, 7) is 0. The number of thioether (sulfide) groups is 1. The summed E-state index contributed by atoms with van der Waals surface area (Å²) in [7, 11) is 3.20. The van der Waals surface area contributed by atoms with Gasteiger partial charge in [-0.2, -0.15) is 0 Å². The molecule has 2 aromatic heterocycles. The fourth-order valence-corrected chi connectivity index (χ4v) is 3.73. The summed E-state index contributed by atoms with van der Waals surface area (Å²) >= 11 is 2.63. The van der Waals surface area contributed by atoms with Crippen LogP contribution in [0.1, 0.15) is 15.9 Å². The molecule has 2 amide bonds. The lowest BCUT2D eigenvalue weighted by atomic mass is 10.3. The number of rotatable bonds is 5. The molecule has 0 aromatic carbocycles. The van der Waals surface area contributed by atoms with Crippen molar-refractivity contribution in [1.29, 1.82) is 0 Å². The van der Waals surface area contributed by atoms with Crippen molar-refractivity contribution < 1.29 is 14.7 Å². The van der Waals surface area contributed by atoms with E-state index in [2.05, 4.69) is 10.3 Å². The Morgan fingerprint density at radius 2 is 2.05 bits per heavy atom. The van der Waals surface area contributed by atoms with Crippen LogP contribution in [0.15, 0.2) is 34.8 Å². The highest BCUT2D eigenvalue weighted by Gasteiger charge is 2.20. The number of anilines is 1. The van der Waals surface area contributed by atoms with E-state index in [4.69, 9.17) is 0 Å². The number of carboxylic acid groups (broad SMARTS) is 1. The van der Waals surface area contributed by atoms with Gasteiger partial charge in [0.2, 0.25) is 0 Å². The number of hydrogen-bond acceptors (Lipinski definition) is 5. The number of carbonyl (C=O) groups excluding carboxylic acids is 1. The average Bonchev–Trinajstić information content (AvgIpc) is 2.89. The molecule has 0 aliphatic carbocycles. The number of pyridine rings is 1. The summed E-state index contributed by atoms with van der Waals surface area (Å²) in [6.07, 6.45) is 3.40. The molecule has 0 saturated heterocycles. The van der Waals surface area contributed by atoms with E-state index in [1.807, 2.05) is 12.1 Å². The lowest BCUT2D eigenvalue weighted by molar-refractivity contribution is 0.0695. The van der Waals surface area contributed by atoms with E-state index in [0.717, 1.165) is 5.56 Å². The van der Waals surface area contributed by atoms with E-state index < -0.39 is 5.97 Å². The number of hydrogen-bond donors (Lipinski definition) is 2. The van der Waals surface area contributed by atoms with Crippen molar-refractivity contribution in [3.05, 3.63) is 41.0 Å². The predicted octanol–water partition coefficient (Wildman–Crippen LogP) is 3.23. The lowest BCUT2D eigenvalue weighted by Crippen LogP contribution is -2.27. The number of aromatic carboxylic acids is 1. The first-order valence-electron chi connectivity index (χ1n) is 6.34. The van der Waals surface area contributed by atoms with Crippen LogP contribution in [0, 0.1) is 0 Å². The Balaban J connectivity index is 2.16. The number of thiophene rings is 1. The molecule has 8 heteroatoms. The number of amides is 2. The van der Waals surface area contributed by atoms with E-state index in [1.165, 1.54) is 28.0 Å². The number of urea groups is 1. The Kier molecular flexibility index (Phi) is 5.40. The van der Waals surface area contributed by atoms with Crippen LogP contribution in [0.4, 0.5) is 9.80 Å². The second-order valence-electron chi connectivity index (χ2n) is 4.58. The van der Waals surface area contributed by atoms with E-state index in [-0.39, 0.29) is 11.6 Å². The second kappa shape index (κ2) is 7.28. The summed E-state index contributed by atoms with van der Waals surface area (Å²) < 4.78 is 0. The molecule has 2 rings (SSSR count). The molecule has 0 spiro atoms. The minimum Gasteiger partial charge on any atom is -0.478 e. The van der Waals surface area contributed by atoms with Gasteiger partial charge in [0.25, 0.3) is 0 Å². The number of carboxylic acids is 1. The van der Waals surface area contributed by atoms with Gasteiger partial charge in [-0.05, 0) is 17.7 Å². The second-order valence-corrected chi connectivity index (χ2v) is 6.47. The lowest BCUT2D eigenvalue weighted by Gasteiger charge is -2.11. The normalized spacial score (nSPS) is 10.3. The average molecular weight is 337 g/mol. The van der Waals surface area contributed by atoms with Gasteiger partial charge in [0.1, 0.15) is 10.6 Å². The molecule has 116 valence electrons. The number of nitrogens with one attached hydrogen (secondary N) is 1. The highest BCUT2D eigenvalue weighted by atomic mass is 32.2. The van der Waals surface area contributed by atoms with Crippen LogP contribution in [0.5, 0.6) is 0 Å². The molecule has 0 atom stereocenters. The van der Waals surface area contributed by atoms with E-state index in [0.29, 0.717) is 15.6 Å². The molecule has 0 saturated carbocycles. The van der Waals surface area contributed by atoms with Gasteiger partial charge in [-0.25, -0.2) is 9.59 Å². The van der Waals surface area contributed by atoms with Crippen LogP contribution < -0.4 is 5.32 Å². The molecule has 22 heavy (non-hydrogen) atoms. The Morgan fingerprint density at radius 1 is 1.36 bits per heavy atom. The summed E-state index contributed by atoms with van der Waals surface area (Å²) in [5.74, 6) is -0.409. The van der Waals surface area contributed by atoms with Crippen molar-refractivity contribution in [2.75, 3.05) is 19.4 Å². The molecular weight excluding hydrogens is 322 g/mol. The van der Waals surface area contributed by atoms with Gasteiger partial charge in [0, 0.05) is 42.5 Å². The third kappa shape index (κ3) is 3.99. The SMILES string of the molecule is CN(C)C(=O)Nc1scc(SCc2ccncc2)c1C(=O)O. The van der Waals surface area contributed by atoms with Gasteiger partial charge in [0.05, 0.1) is 0 Å². The maximum atomic E-state index is 11.7. The molecule has 0 unspecified atom stereocenters. The van der Waals surface area contributed by atoms with Crippen molar-refractivity contribution >= 4 is 40.1 Å². The summed E-state index contributed by atoms with van der Waals surface area (Å²) in [5, 5.41) is 14.1. The standard InChI is InChI=1S/C14H15N3O3S2/c1-17(2)14(20)16-12-11(13(18)19)10(8-22-12)21-7-9-3-5-15-6-4-9/h3-6,8H,7H2,1-2H3,(H,16,20)(H,18,19). The van der Waals surface area contributed by atoms with Crippen molar-refractivity contribution in [3.63, 3.8) is 0 Å². The summed E-state index contributed by atoms with van der Waals surface area (Å²) in [4.78, 5) is 29.1. The Bertz CT molecular complexity index is 671. The zero-order chi connectivity index (χ0) is 16.1. The van der Waals surface area contributed by atoms with Gasteiger partial charge in [0.15, 0.2) is 0 Å². The molecule has 0 aliphatic heterocycles. The Labute approximate surface area is 136 Å². The van der Waals surface area contributed by atoms with Crippen LogP contribution in [0.3, 0.4) is 0 Å². The molecule has 0 aliphatic rings. The molecule has 6 nitrogen and oxygen atoms in total. The van der Waals surface area contributed by atoms with Crippen LogP contribution in [-0.2, 0) is 5.75 Å². The van der Waals surface area contributed by atoms with Gasteiger partial charge >= 0.3 is 12.0 Å². The quantitative estimate of drug-likeness (QED) is 0.819. The highest BCUT2D eigenvalue weighted by molar-refractivity contribution is 7.98. The molecule has 0 radical (unpaired) electrons. The monoisotopic (exact) mass is 337 g/mol. The predicted molar refractivity (Wildman–Crippen MR) is 87.8 cm³/mol. The maximum Gasteiger partial charge on any atom is 0.339 e. The summed E-state index contributed by atoms with van der Waals surface area (Å²) in [5.41, 5.74) is 1.20. The Hall–Kier alpha value is -2.06. The van der Waals surface area contributed by atoms with Crippen molar-refractivity contribution in [3.8, 4) is 0 Å². The number of aromatic nitrogens is 1. The summed E-state index contributed by atoms with van der Waals surface area (Å²) in [6, 6.07) is 3.42. The van der Waals surface area contributed by atoms with Gasteiger partial charge in [-0.1, -0.05) is 0 Å². The van der Waals surface area contributed by atoms with Crippen LogP contribution in [0.2, 0.25) is 0 Å². The fraction of sp³-hybridized carbons (Fsp3) is 0.214. The first-order valence-corrected chi connectivity index (χ1v) is 8.20. The third-order valence-electron chi connectivity index (χ3n) is 2.74. The molecule has 0 bridgehead atoms. The van der Waals surface area contributed by atoms with Gasteiger partial charge in [-0.15, -0.1) is 23.1 Å². The van der Waals surface area contributed by atoms with E-state index in [1.54, 1.807) is 31.9 Å². The third-order valence-corrected chi connectivity index (χ3v) is 4.90. The highest BCUT2D eigenvalue weighted by Crippen LogP contribution is 2.36. The first kappa shape index (κ1) is 16.3. The molecule has 2 aromatic rings. The number of carbonyl (C=O) groups is 2. The minimum absolute atomic E-state index is 0.138. The fourth-order valence-electron chi connectivity index (χ4n) is 1.59. The minimum atomic E-state index is -1.05. The topological polar surface area (TPSA) is 82.5 Å². The largest absolute Gasteiger partial charge is 0.478 e. The van der Waals surface area contributed by atoms with Crippen molar-refractivity contribution in [2.45, 2.75) is 10.6 Å². The van der Waals surface area contributed by atoms with Crippen LogP contribution in [0.25, 0.3) is 0 Å². The molecule has 2 heterocycles. The zero-order valence-corrected chi connectivity index (χ0v) is 13.7. The number of nitrogens with zero attached hydrogens (tertiary/aromatic N) is 2. The molecular formula is C14H15N3O3S2. The van der Waals surface area contributed by atoms with E-state index in [9.17, 15) is 14.7 Å². The van der Waals surface area contributed by atoms with Crippen molar-refractivity contribution in [2.24, 2.45) is 0 Å². The molecule has 0 fully saturated rings. The maximum absolute atomic E-state index is 11.7. The zero-order valence-electron chi connectivity index (χ0n) is 12.1. The van der Waals surface area contributed by atoms with Crippen molar-refractivity contribution in [1.82, 2.24) is 9.88 Å².